The molecule has 1 atom stereocenters. The lowest BCUT2D eigenvalue weighted by Gasteiger charge is -2.31. The van der Waals surface area contributed by atoms with Crippen molar-refractivity contribution in [3.8, 4) is 5.75 Å². The zero-order valence-corrected chi connectivity index (χ0v) is 15.5. The summed E-state index contributed by atoms with van der Waals surface area (Å²) < 4.78 is 32.4. The molecule has 1 aliphatic heterocycles. The SMILES string of the molecule is CCCNC(=O)[C@@H]1CCCN(S(=O)(=O)c2cc(Cl)ccc2OC)C1. The molecule has 6 nitrogen and oxygen atoms in total. The molecule has 1 heterocycles. The van der Waals surface area contributed by atoms with Gasteiger partial charge in [-0.2, -0.15) is 4.31 Å². The predicted molar refractivity (Wildman–Crippen MR) is 92.8 cm³/mol. The third kappa shape index (κ3) is 4.20. The molecule has 0 radical (unpaired) electrons. The van der Waals surface area contributed by atoms with E-state index in [1.54, 1.807) is 6.07 Å². The molecular formula is C16H23ClN2O4S. The van der Waals surface area contributed by atoms with Crippen LogP contribution in [-0.4, -0.2) is 45.4 Å². The number of ether oxygens (including phenoxy) is 1. The number of benzene rings is 1. The zero-order valence-electron chi connectivity index (χ0n) is 13.9. The summed E-state index contributed by atoms with van der Waals surface area (Å²) in [6.07, 6.45) is 2.18. The van der Waals surface area contributed by atoms with E-state index in [1.807, 2.05) is 6.92 Å². The largest absolute Gasteiger partial charge is 0.495 e. The van der Waals surface area contributed by atoms with E-state index in [4.69, 9.17) is 16.3 Å². The van der Waals surface area contributed by atoms with E-state index in [0.29, 0.717) is 31.0 Å². The molecule has 1 aliphatic rings. The number of rotatable bonds is 6. The molecule has 1 N–H and O–H groups in total. The molecule has 2 rings (SSSR count). The van der Waals surface area contributed by atoms with Crippen molar-refractivity contribution in [2.75, 3.05) is 26.7 Å². The quantitative estimate of drug-likeness (QED) is 0.828. The highest BCUT2D eigenvalue weighted by Crippen LogP contribution is 2.31. The third-order valence-corrected chi connectivity index (χ3v) is 6.17. The van der Waals surface area contributed by atoms with Gasteiger partial charge in [0.1, 0.15) is 10.6 Å². The maximum atomic E-state index is 13.0. The van der Waals surface area contributed by atoms with Crippen LogP contribution >= 0.6 is 11.6 Å². The number of piperidine rings is 1. The molecule has 1 amide bonds. The Bertz CT molecular complexity index is 693. The Labute approximate surface area is 148 Å². The minimum absolute atomic E-state index is 0.0344. The lowest BCUT2D eigenvalue weighted by molar-refractivity contribution is -0.126. The summed E-state index contributed by atoms with van der Waals surface area (Å²) in [6.45, 7) is 3.14. The molecule has 0 aromatic heterocycles. The summed E-state index contributed by atoms with van der Waals surface area (Å²) in [4.78, 5) is 12.2. The molecule has 1 fully saturated rings. The van der Waals surface area contributed by atoms with Crippen molar-refractivity contribution in [1.82, 2.24) is 9.62 Å². The summed E-state index contributed by atoms with van der Waals surface area (Å²) in [6, 6.07) is 4.50. The standard InChI is InChI=1S/C16H23ClN2O4S/c1-3-8-18-16(20)12-5-4-9-19(11-12)24(21,22)15-10-13(17)6-7-14(15)23-2/h6-7,10,12H,3-5,8-9,11H2,1-2H3,(H,18,20)/t12-/m1/s1. The van der Waals surface area contributed by atoms with Gasteiger partial charge in [-0.05, 0) is 37.5 Å². The Hall–Kier alpha value is -1.31. The molecule has 1 aromatic carbocycles. The molecule has 134 valence electrons. The van der Waals surface area contributed by atoms with Crippen molar-refractivity contribution in [1.29, 1.82) is 0 Å². The normalized spacial score (nSPS) is 19.0. The lowest BCUT2D eigenvalue weighted by Crippen LogP contribution is -2.45. The number of carbonyl (C=O) groups excluding carboxylic acids is 1. The number of sulfonamides is 1. The van der Waals surface area contributed by atoms with Crippen LogP contribution in [0, 0.1) is 5.92 Å². The zero-order chi connectivity index (χ0) is 17.7. The van der Waals surface area contributed by atoms with Gasteiger partial charge in [-0.1, -0.05) is 18.5 Å². The number of halogens is 1. The highest BCUT2D eigenvalue weighted by atomic mass is 35.5. The van der Waals surface area contributed by atoms with Crippen LogP contribution in [0.15, 0.2) is 23.1 Å². The molecule has 0 saturated carbocycles. The number of carbonyl (C=O) groups is 1. The van der Waals surface area contributed by atoms with Crippen LogP contribution in [-0.2, 0) is 14.8 Å². The minimum atomic E-state index is -3.77. The van der Waals surface area contributed by atoms with Gasteiger partial charge >= 0.3 is 0 Å². The monoisotopic (exact) mass is 374 g/mol. The van der Waals surface area contributed by atoms with Gasteiger partial charge in [-0.25, -0.2) is 8.42 Å². The molecule has 0 bridgehead atoms. The number of hydrogen-bond acceptors (Lipinski definition) is 4. The second-order valence-electron chi connectivity index (χ2n) is 5.79. The number of hydrogen-bond donors (Lipinski definition) is 1. The average Bonchev–Trinajstić information content (AvgIpc) is 2.59. The number of amides is 1. The van der Waals surface area contributed by atoms with E-state index >= 15 is 0 Å². The highest BCUT2D eigenvalue weighted by molar-refractivity contribution is 7.89. The van der Waals surface area contributed by atoms with Gasteiger partial charge in [0.2, 0.25) is 15.9 Å². The van der Waals surface area contributed by atoms with Crippen LogP contribution in [0.2, 0.25) is 5.02 Å². The van der Waals surface area contributed by atoms with Crippen LogP contribution in [0.4, 0.5) is 0 Å². The third-order valence-electron chi connectivity index (χ3n) is 4.05. The summed E-state index contributed by atoms with van der Waals surface area (Å²) in [7, 11) is -2.35. The fourth-order valence-electron chi connectivity index (χ4n) is 2.76. The smallest absolute Gasteiger partial charge is 0.246 e. The second kappa shape index (κ2) is 8.18. The first-order valence-electron chi connectivity index (χ1n) is 8.01. The van der Waals surface area contributed by atoms with Crippen LogP contribution in [0.1, 0.15) is 26.2 Å². The maximum Gasteiger partial charge on any atom is 0.246 e. The molecule has 0 aliphatic carbocycles. The van der Waals surface area contributed by atoms with Gasteiger partial charge in [0.25, 0.3) is 0 Å². The fourth-order valence-corrected chi connectivity index (χ4v) is 4.70. The van der Waals surface area contributed by atoms with E-state index in [0.717, 1.165) is 6.42 Å². The maximum absolute atomic E-state index is 13.0. The Kier molecular flexibility index (Phi) is 6.48. The minimum Gasteiger partial charge on any atom is -0.495 e. The van der Waals surface area contributed by atoms with Crippen molar-refractivity contribution >= 4 is 27.5 Å². The first-order chi connectivity index (χ1) is 11.4. The Morgan fingerprint density at radius 3 is 2.88 bits per heavy atom. The van der Waals surface area contributed by atoms with Crippen LogP contribution in [0.5, 0.6) is 5.75 Å². The molecule has 8 heteroatoms. The Balaban J connectivity index is 2.23. The number of nitrogens with zero attached hydrogens (tertiary/aromatic N) is 1. The van der Waals surface area contributed by atoms with E-state index in [2.05, 4.69) is 5.32 Å². The Morgan fingerprint density at radius 1 is 1.46 bits per heavy atom. The van der Waals surface area contributed by atoms with Crippen molar-refractivity contribution in [2.45, 2.75) is 31.1 Å². The molecule has 1 saturated heterocycles. The van der Waals surface area contributed by atoms with E-state index < -0.39 is 10.0 Å². The van der Waals surface area contributed by atoms with Gasteiger partial charge in [0, 0.05) is 24.7 Å². The molecule has 1 aromatic rings. The first-order valence-corrected chi connectivity index (χ1v) is 9.83. The van der Waals surface area contributed by atoms with E-state index in [9.17, 15) is 13.2 Å². The van der Waals surface area contributed by atoms with Crippen molar-refractivity contribution in [3.05, 3.63) is 23.2 Å². The van der Waals surface area contributed by atoms with Crippen molar-refractivity contribution in [3.63, 3.8) is 0 Å². The van der Waals surface area contributed by atoms with Gasteiger partial charge in [-0.15, -0.1) is 0 Å². The summed E-state index contributed by atoms with van der Waals surface area (Å²) in [5, 5.41) is 3.16. The van der Waals surface area contributed by atoms with Crippen LogP contribution in [0.25, 0.3) is 0 Å². The molecular weight excluding hydrogens is 352 g/mol. The summed E-state index contributed by atoms with van der Waals surface area (Å²) in [5.74, 6) is -0.169. The van der Waals surface area contributed by atoms with Gasteiger partial charge in [-0.3, -0.25) is 4.79 Å². The van der Waals surface area contributed by atoms with Gasteiger partial charge < -0.3 is 10.1 Å². The predicted octanol–water partition coefficient (Wildman–Crippen LogP) is 2.28. The van der Waals surface area contributed by atoms with Crippen molar-refractivity contribution < 1.29 is 17.9 Å². The number of methoxy groups -OCH3 is 1. The Morgan fingerprint density at radius 2 is 2.21 bits per heavy atom. The second-order valence-corrected chi connectivity index (χ2v) is 8.13. The fraction of sp³-hybridized carbons (Fsp3) is 0.562. The summed E-state index contributed by atoms with van der Waals surface area (Å²) in [5.41, 5.74) is 0. The van der Waals surface area contributed by atoms with Crippen LogP contribution < -0.4 is 10.1 Å². The summed E-state index contributed by atoms with van der Waals surface area (Å²) >= 11 is 5.95. The molecule has 24 heavy (non-hydrogen) atoms. The molecule has 0 spiro atoms. The topological polar surface area (TPSA) is 75.7 Å². The van der Waals surface area contributed by atoms with E-state index in [1.165, 1.54) is 23.5 Å². The number of nitrogens with one attached hydrogen (secondary N) is 1. The lowest BCUT2D eigenvalue weighted by atomic mass is 9.99. The molecule has 0 unspecified atom stereocenters. The van der Waals surface area contributed by atoms with Crippen LogP contribution in [0.3, 0.4) is 0 Å². The van der Waals surface area contributed by atoms with Gasteiger partial charge in [0.15, 0.2) is 0 Å². The van der Waals surface area contributed by atoms with Crippen molar-refractivity contribution in [2.24, 2.45) is 5.92 Å². The van der Waals surface area contributed by atoms with Gasteiger partial charge in [0.05, 0.1) is 13.0 Å². The first kappa shape index (κ1) is 19.0. The highest BCUT2D eigenvalue weighted by Gasteiger charge is 2.34. The average molecular weight is 375 g/mol. The van der Waals surface area contributed by atoms with E-state index in [-0.39, 0.29) is 29.0 Å².